The first-order chi connectivity index (χ1) is 4.99. The normalized spacial score (nSPS) is 14.5. The van der Waals surface area contributed by atoms with Crippen molar-refractivity contribution < 1.29 is 4.74 Å². The molecule has 1 unspecified atom stereocenters. The molecule has 1 atom stereocenters. The van der Waals surface area contributed by atoms with Crippen LogP contribution in [0.1, 0.15) is 20.8 Å². The molecule has 3 heteroatoms. The lowest BCUT2D eigenvalue weighted by molar-refractivity contribution is -0.00884. The molecule has 0 radical (unpaired) electrons. The van der Waals surface area contributed by atoms with Gasteiger partial charge in [0, 0.05) is 0 Å². The standard InChI is InChI=1S/C8H18N2O/c1-5-7(10-9)6-11-8(2,3)4/h5,7,10H,1,6,9H2,2-4H3. The molecule has 0 aromatic heterocycles. The number of ether oxygens (including phenoxy) is 1. The molecule has 0 fully saturated rings. The lowest BCUT2D eigenvalue weighted by atomic mass is 10.2. The number of hydrogen-bond acceptors (Lipinski definition) is 3. The lowest BCUT2D eigenvalue weighted by Crippen LogP contribution is -2.39. The Morgan fingerprint density at radius 1 is 1.64 bits per heavy atom. The van der Waals surface area contributed by atoms with E-state index in [9.17, 15) is 0 Å². The van der Waals surface area contributed by atoms with E-state index < -0.39 is 0 Å². The summed E-state index contributed by atoms with van der Waals surface area (Å²) in [4.78, 5) is 0. The quantitative estimate of drug-likeness (QED) is 0.362. The van der Waals surface area contributed by atoms with Crippen LogP contribution in [0.25, 0.3) is 0 Å². The second-order valence-electron chi connectivity index (χ2n) is 3.43. The second kappa shape index (κ2) is 4.49. The largest absolute Gasteiger partial charge is 0.374 e. The number of nitrogens with one attached hydrogen (secondary N) is 1. The van der Waals surface area contributed by atoms with Gasteiger partial charge in [-0.1, -0.05) is 6.08 Å². The van der Waals surface area contributed by atoms with Gasteiger partial charge in [0.25, 0.3) is 0 Å². The summed E-state index contributed by atoms with van der Waals surface area (Å²) < 4.78 is 5.46. The maximum absolute atomic E-state index is 5.46. The van der Waals surface area contributed by atoms with Crippen LogP contribution in [0.15, 0.2) is 12.7 Å². The van der Waals surface area contributed by atoms with Gasteiger partial charge in [-0.05, 0) is 20.8 Å². The van der Waals surface area contributed by atoms with E-state index in [4.69, 9.17) is 10.6 Å². The molecule has 66 valence electrons. The van der Waals surface area contributed by atoms with E-state index >= 15 is 0 Å². The molecule has 0 aliphatic rings. The number of hydrazine groups is 1. The number of hydrogen-bond donors (Lipinski definition) is 2. The fourth-order valence-corrected chi connectivity index (χ4v) is 0.524. The molecule has 0 aromatic rings. The van der Waals surface area contributed by atoms with Gasteiger partial charge in [-0.15, -0.1) is 6.58 Å². The van der Waals surface area contributed by atoms with Crippen LogP contribution in [-0.2, 0) is 4.74 Å². The van der Waals surface area contributed by atoms with Crippen molar-refractivity contribution in [3.05, 3.63) is 12.7 Å². The number of nitrogens with two attached hydrogens (primary N) is 1. The average molecular weight is 158 g/mol. The van der Waals surface area contributed by atoms with Gasteiger partial charge >= 0.3 is 0 Å². The van der Waals surface area contributed by atoms with Crippen LogP contribution >= 0.6 is 0 Å². The molecule has 3 nitrogen and oxygen atoms in total. The third-order valence-electron chi connectivity index (χ3n) is 1.19. The molecular formula is C8H18N2O. The summed E-state index contributed by atoms with van der Waals surface area (Å²) in [7, 11) is 0. The summed E-state index contributed by atoms with van der Waals surface area (Å²) in [6.07, 6.45) is 1.73. The zero-order valence-electron chi connectivity index (χ0n) is 7.55. The van der Waals surface area contributed by atoms with Gasteiger partial charge in [0.1, 0.15) is 0 Å². The van der Waals surface area contributed by atoms with Crippen LogP contribution in [0.2, 0.25) is 0 Å². The third kappa shape index (κ3) is 6.04. The van der Waals surface area contributed by atoms with Gasteiger partial charge in [0.05, 0.1) is 18.2 Å². The number of rotatable bonds is 4. The van der Waals surface area contributed by atoms with Crippen LogP contribution in [0, 0.1) is 0 Å². The summed E-state index contributed by atoms with van der Waals surface area (Å²) in [6, 6.07) is 0.0363. The molecule has 0 spiro atoms. The zero-order chi connectivity index (χ0) is 8.91. The topological polar surface area (TPSA) is 47.3 Å². The van der Waals surface area contributed by atoms with Crippen molar-refractivity contribution in [2.75, 3.05) is 6.61 Å². The second-order valence-corrected chi connectivity index (χ2v) is 3.43. The van der Waals surface area contributed by atoms with Crippen LogP contribution in [0.4, 0.5) is 0 Å². The summed E-state index contributed by atoms with van der Waals surface area (Å²) in [5.41, 5.74) is 2.47. The Hall–Kier alpha value is -0.380. The highest BCUT2D eigenvalue weighted by Crippen LogP contribution is 2.06. The van der Waals surface area contributed by atoms with Crippen molar-refractivity contribution in [2.45, 2.75) is 32.4 Å². The Morgan fingerprint density at radius 2 is 2.18 bits per heavy atom. The monoisotopic (exact) mass is 158 g/mol. The fraction of sp³-hybridized carbons (Fsp3) is 0.750. The van der Waals surface area contributed by atoms with Crippen LogP contribution in [0.3, 0.4) is 0 Å². The van der Waals surface area contributed by atoms with Gasteiger partial charge in [0.2, 0.25) is 0 Å². The van der Waals surface area contributed by atoms with Gasteiger partial charge in [-0.3, -0.25) is 11.3 Å². The molecule has 0 aliphatic carbocycles. The average Bonchev–Trinajstić information content (AvgIpc) is 1.88. The van der Waals surface area contributed by atoms with Crippen LogP contribution in [0.5, 0.6) is 0 Å². The van der Waals surface area contributed by atoms with E-state index in [2.05, 4.69) is 12.0 Å². The predicted octanol–water partition coefficient (Wildman–Crippen LogP) is 0.819. The highest BCUT2D eigenvalue weighted by atomic mass is 16.5. The minimum absolute atomic E-state index is 0.0363. The summed E-state index contributed by atoms with van der Waals surface area (Å²) in [6.45, 7) is 10.2. The Kier molecular flexibility index (Phi) is 4.33. The van der Waals surface area contributed by atoms with E-state index in [1.165, 1.54) is 0 Å². The van der Waals surface area contributed by atoms with E-state index in [0.717, 1.165) is 0 Å². The van der Waals surface area contributed by atoms with Crippen molar-refractivity contribution in [3.63, 3.8) is 0 Å². The first-order valence-electron chi connectivity index (χ1n) is 3.72. The van der Waals surface area contributed by atoms with Crippen LogP contribution in [-0.4, -0.2) is 18.2 Å². The zero-order valence-corrected chi connectivity index (χ0v) is 7.55. The van der Waals surface area contributed by atoms with Crippen molar-refractivity contribution in [1.29, 1.82) is 0 Å². The maximum Gasteiger partial charge on any atom is 0.0675 e. The smallest absolute Gasteiger partial charge is 0.0675 e. The van der Waals surface area contributed by atoms with Crippen molar-refractivity contribution in [1.82, 2.24) is 5.43 Å². The molecule has 0 bridgehead atoms. The Bertz CT molecular complexity index is 118. The SMILES string of the molecule is C=CC(COC(C)(C)C)NN. The molecule has 0 saturated carbocycles. The molecule has 0 aliphatic heterocycles. The fourth-order valence-electron chi connectivity index (χ4n) is 0.524. The minimum atomic E-state index is -0.113. The molecule has 0 heterocycles. The van der Waals surface area contributed by atoms with E-state index in [-0.39, 0.29) is 11.6 Å². The first-order valence-corrected chi connectivity index (χ1v) is 3.72. The van der Waals surface area contributed by atoms with Gasteiger partial charge in [-0.25, -0.2) is 0 Å². The van der Waals surface area contributed by atoms with Gasteiger partial charge in [-0.2, -0.15) is 0 Å². The Labute approximate surface area is 68.6 Å². The van der Waals surface area contributed by atoms with Crippen molar-refractivity contribution in [2.24, 2.45) is 5.84 Å². The molecule has 0 amide bonds. The molecule has 3 N–H and O–H groups in total. The molecule has 0 rings (SSSR count). The summed E-state index contributed by atoms with van der Waals surface area (Å²) in [5.74, 6) is 5.21. The molecule has 11 heavy (non-hydrogen) atoms. The molecule has 0 saturated heterocycles. The molecule has 0 aromatic carbocycles. The summed E-state index contributed by atoms with van der Waals surface area (Å²) in [5, 5.41) is 0. The Balaban J connectivity index is 3.59. The van der Waals surface area contributed by atoms with E-state index in [1.807, 2.05) is 20.8 Å². The third-order valence-corrected chi connectivity index (χ3v) is 1.19. The van der Waals surface area contributed by atoms with Crippen molar-refractivity contribution in [3.8, 4) is 0 Å². The summed E-state index contributed by atoms with van der Waals surface area (Å²) >= 11 is 0. The van der Waals surface area contributed by atoms with Gasteiger partial charge < -0.3 is 4.74 Å². The maximum atomic E-state index is 5.46. The van der Waals surface area contributed by atoms with E-state index in [1.54, 1.807) is 6.08 Å². The van der Waals surface area contributed by atoms with E-state index in [0.29, 0.717) is 6.61 Å². The van der Waals surface area contributed by atoms with Crippen LogP contribution < -0.4 is 11.3 Å². The van der Waals surface area contributed by atoms with Crippen molar-refractivity contribution >= 4 is 0 Å². The highest BCUT2D eigenvalue weighted by Gasteiger charge is 2.11. The lowest BCUT2D eigenvalue weighted by Gasteiger charge is -2.22. The Morgan fingerprint density at radius 3 is 2.45 bits per heavy atom. The molecular weight excluding hydrogens is 140 g/mol. The first kappa shape index (κ1) is 10.6. The highest BCUT2D eigenvalue weighted by molar-refractivity contribution is 4.84. The van der Waals surface area contributed by atoms with Gasteiger partial charge in [0.15, 0.2) is 0 Å². The minimum Gasteiger partial charge on any atom is -0.374 e. The predicted molar refractivity (Wildman–Crippen MR) is 47.0 cm³/mol.